The van der Waals surface area contributed by atoms with E-state index in [2.05, 4.69) is 17.2 Å². The molecule has 1 fully saturated rings. The predicted molar refractivity (Wildman–Crippen MR) is 145 cm³/mol. The zero-order valence-electron chi connectivity index (χ0n) is 22.7. The van der Waals surface area contributed by atoms with Crippen molar-refractivity contribution in [2.45, 2.75) is 89.4 Å². The first-order chi connectivity index (χ1) is 17.9. The molecule has 2 unspecified atom stereocenters. The Morgan fingerprint density at radius 1 is 1.21 bits per heavy atom. The lowest BCUT2D eigenvalue weighted by Gasteiger charge is -2.35. The molecular weight excluding hydrogens is 488 g/mol. The molecule has 1 aromatic rings. The molecule has 0 saturated heterocycles. The van der Waals surface area contributed by atoms with Gasteiger partial charge in [-0.25, -0.2) is 4.79 Å². The number of carbonyl (C=O) groups is 4. The molecule has 1 aliphatic rings. The Labute approximate surface area is 225 Å². The topological polar surface area (TPSA) is 151 Å². The number of nitrogens with zero attached hydrogens (tertiary/aromatic N) is 1. The number of primary amides is 1. The van der Waals surface area contributed by atoms with Crippen LogP contribution in [-0.2, 0) is 19.1 Å². The number of nitrogens with one attached hydrogen (secondary N) is 2. The highest BCUT2D eigenvalue weighted by Gasteiger charge is 2.37. The van der Waals surface area contributed by atoms with Crippen molar-refractivity contribution in [3.05, 3.63) is 42.0 Å². The number of alkyl carbamates (subject to hydrolysis) is 1. The third-order valence-electron chi connectivity index (χ3n) is 6.27. The van der Waals surface area contributed by atoms with Crippen LogP contribution in [0.5, 0.6) is 0 Å². The van der Waals surface area contributed by atoms with E-state index in [1.165, 1.54) is 4.90 Å². The number of hydrogen-bond donors (Lipinski definition) is 4. The molecular formula is C28H42N4O6. The van der Waals surface area contributed by atoms with E-state index >= 15 is 0 Å². The number of benzene rings is 1. The second-order valence-electron chi connectivity index (χ2n) is 10.6. The minimum absolute atomic E-state index is 0.0158. The Morgan fingerprint density at radius 3 is 2.47 bits per heavy atom. The van der Waals surface area contributed by atoms with Gasteiger partial charge in [-0.15, -0.1) is 0 Å². The van der Waals surface area contributed by atoms with Gasteiger partial charge in [-0.3, -0.25) is 14.4 Å². The lowest BCUT2D eigenvalue weighted by Crippen LogP contribution is -2.54. The van der Waals surface area contributed by atoms with Crippen molar-refractivity contribution in [1.82, 2.24) is 15.5 Å². The lowest BCUT2D eigenvalue weighted by molar-refractivity contribution is -0.143. The van der Waals surface area contributed by atoms with Crippen molar-refractivity contribution in [3.8, 4) is 0 Å². The molecule has 0 aromatic heterocycles. The van der Waals surface area contributed by atoms with Crippen molar-refractivity contribution in [3.63, 3.8) is 0 Å². The summed E-state index contributed by atoms with van der Waals surface area (Å²) in [6, 6.07) is 4.76. The smallest absolute Gasteiger partial charge is 0.408 e. The van der Waals surface area contributed by atoms with Crippen LogP contribution < -0.4 is 16.4 Å². The zero-order valence-corrected chi connectivity index (χ0v) is 22.7. The molecule has 10 heteroatoms. The SMILES string of the molecule is C=Cc1cccc(C(C(=O)NC2CCCCC2)N(CCO)C(=O)C(CCC(N)=O)NC(=O)OC(C)(C)C)c1. The maximum absolute atomic E-state index is 13.9. The predicted octanol–water partition coefficient (Wildman–Crippen LogP) is 2.80. The van der Waals surface area contributed by atoms with Crippen LogP contribution in [0.3, 0.4) is 0 Å². The number of amides is 4. The van der Waals surface area contributed by atoms with Gasteiger partial charge in [0.15, 0.2) is 0 Å². The Balaban J connectivity index is 2.46. The van der Waals surface area contributed by atoms with E-state index in [9.17, 15) is 24.3 Å². The van der Waals surface area contributed by atoms with Crippen molar-refractivity contribution < 1.29 is 29.0 Å². The van der Waals surface area contributed by atoms with Gasteiger partial charge >= 0.3 is 6.09 Å². The highest BCUT2D eigenvalue weighted by molar-refractivity contribution is 5.92. The number of aliphatic hydroxyl groups is 1. The molecule has 210 valence electrons. The van der Waals surface area contributed by atoms with Gasteiger partial charge in [0.1, 0.15) is 17.7 Å². The minimum Gasteiger partial charge on any atom is -0.444 e. The van der Waals surface area contributed by atoms with Crippen LogP contribution in [0.25, 0.3) is 6.08 Å². The van der Waals surface area contributed by atoms with Crippen LogP contribution in [-0.4, -0.2) is 64.7 Å². The van der Waals surface area contributed by atoms with Gasteiger partial charge in [0.2, 0.25) is 17.7 Å². The monoisotopic (exact) mass is 530 g/mol. The zero-order chi connectivity index (χ0) is 28.3. The lowest BCUT2D eigenvalue weighted by atomic mass is 9.94. The third-order valence-corrected chi connectivity index (χ3v) is 6.27. The van der Waals surface area contributed by atoms with Crippen LogP contribution in [0.15, 0.2) is 30.8 Å². The van der Waals surface area contributed by atoms with E-state index < -0.39 is 42.2 Å². The number of rotatable bonds is 12. The summed E-state index contributed by atoms with van der Waals surface area (Å²) in [5, 5.41) is 15.5. The van der Waals surface area contributed by atoms with Crippen LogP contribution in [0, 0.1) is 0 Å². The van der Waals surface area contributed by atoms with E-state index in [1.54, 1.807) is 45.0 Å². The third kappa shape index (κ3) is 9.81. The number of ether oxygens (including phenoxy) is 1. The average molecular weight is 531 g/mol. The Hall–Kier alpha value is -3.40. The number of nitrogens with two attached hydrogens (primary N) is 1. The van der Waals surface area contributed by atoms with Crippen molar-refractivity contribution in [2.75, 3.05) is 13.2 Å². The van der Waals surface area contributed by atoms with Crippen LogP contribution >= 0.6 is 0 Å². The van der Waals surface area contributed by atoms with Gasteiger partial charge in [0, 0.05) is 19.0 Å². The maximum atomic E-state index is 13.9. The van der Waals surface area contributed by atoms with Gasteiger partial charge < -0.3 is 31.1 Å². The first-order valence-electron chi connectivity index (χ1n) is 13.2. The maximum Gasteiger partial charge on any atom is 0.408 e. The molecule has 10 nitrogen and oxygen atoms in total. The van der Waals surface area contributed by atoms with Gasteiger partial charge in [0.05, 0.1) is 6.61 Å². The van der Waals surface area contributed by atoms with E-state index in [0.717, 1.165) is 37.7 Å². The first kappa shape index (κ1) is 30.8. The minimum atomic E-state index is -1.21. The Morgan fingerprint density at radius 2 is 1.89 bits per heavy atom. The summed E-state index contributed by atoms with van der Waals surface area (Å²) in [5.74, 6) is -1.67. The van der Waals surface area contributed by atoms with Gasteiger partial charge in [-0.05, 0) is 57.2 Å². The molecule has 0 aliphatic heterocycles. The van der Waals surface area contributed by atoms with E-state index in [1.807, 2.05) is 6.07 Å². The van der Waals surface area contributed by atoms with Gasteiger partial charge in [-0.1, -0.05) is 50.1 Å². The number of aliphatic hydroxyl groups excluding tert-OH is 1. The molecule has 2 atom stereocenters. The summed E-state index contributed by atoms with van der Waals surface area (Å²) >= 11 is 0. The summed E-state index contributed by atoms with van der Waals surface area (Å²) in [6.45, 7) is 8.24. The first-order valence-corrected chi connectivity index (χ1v) is 13.2. The second-order valence-corrected chi connectivity index (χ2v) is 10.6. The number of hydrogen-bond acceptors (Lipinski definition) is 6. The van der Waals surface area contributed by atoms with Crippen LogP contribution in [0.4, 0.5) is 4.79 Å². The molecule has 0 spiro atoms. The summed E-state index contributed by atoms with van der Waals surface area (Å²) in [6.07, 6.45) is 5.35. The molecule has 0 heterocycles. The standard InChI is InChI=1S/C28H42N4O6/c1-5-19-10-9-11-20(18-19)24(25(35)30-21-12-7-6-8-13-21)32(16-17-33)26(36)22(14-15-23(29)34)31-27(37)38-28(2,3)4/h5,9-11,18,21-22,24,33H,1,6-8,12-17H2,2-4H3,(H2,29,34)(H,30,35)(H,31,37). The fourth-order valence-electron chi connectivity index (χ4n) is 4.52. The van der Waals surface area contributed by atoms with Crippen LogP contribution in [0.2, 0.25) is 0 Å². The summed E-state index contributed by atoms with van der Waals surface area (Å²) < 4.78 is 5.31. The molecule has 1 saturated carbocycles. The quantitative estimate of drug-likeness (QED) is 0.326. The number of carbonyl (C=O) groups excluding carboxylic acids is 4. The highest BCUT2D eigenvalue weighted by Crippen LogP contribution is 2.26. The van der Waals surface area contributed by atoms with E-state index in [4.69, 9.17) is 10.5 Å². The highest BCUT2D eigenvalue weighted by atomic mass is 16.6. The molecule has 5 N–H and O–H groups in total. The molecule has 0 radical (unpaired) electrons. The van der Waals surface area contributed by atoms with Gasteiger partial charge in [0.25, 0.3) is 0 Å². The summed E-state index contributed by atoms with van der Waals surface area (Å²) in [4.78, 5) is 53.0. The fourth-order valence-corrected chi connectivity index (χ4v) is 4.52. The molecule has 1 aromatic carbocycles. The molecule has 4 amide bonds. The largest absolute Gasteiger partial charge is 0.444 e. The Bertz CT molecular complexity index is 984. The molecule has 38 heavy (non-hydrogen) atoms. The van der Waals surface area contributed by atoms with Gasteiger partial charge in [-0.2, -0.15) is 0 Å². The summed E-state index contributed by atoms with van der Waals surface area (Å²) in [7, 11) is 0. The van der Waals surface area contributed by atoms with E-state index in [0.29, 0.717) is 5.56 Å². The van der Waals surface area contributed by atoms with Crippen molar-refractivity contribution >= 4 is 29.9 Å². The fraction of sp³-hybridized carbons (Fsp3) is 0.571. The van der Waals surface area contributed by atoms with Crippen molar-refractivity contribution in [1.29, 1.82) is 0 Å². The molecule has 2 rings (SSSR count). The second kappa shape index (κ2) is 14.5. The Kier molecular flexibility index (Phi) is 11.8. The average Bonchev–Trinajstić information content (AvgIpc) is 2.85. The molecule has 1 aliphatic carbocycles. The normalized spacial score (nSPS) is 15.6. The van der Waals surface area contributed by atoms with E-state index in [-0.39, 0.29) is 31.3 Å². The molecule has 0 bridgehead atoms. The van der Waals surface area contributed by atoms with Crippen LogP contribution in [0.1, 0.15) is 82.9 Å². The van der Waals surface area contributed by atoms with Crippen molar-refractivity contribution in [2.24, 2.45) is 5.73 Å². The summed E-state index contributed by atoms with van der Waals surface area (Å²) in [5.41, 5.74) is 5.79.